The quantitative estimate of drug-likeness (QED) is 0.685. The largest absolute Gasteiger partial charge is 0.444 e. The van der Waals surface area contributed by atoms with E-state index in [-0.39, 0.29) is 5.76 Å². The molecule has 3 rings (SSSR count). The van der Waals surface area contributed by atoms with Crippen molar-refractivity contribution in [3.63, 3.8) is 0 Å². The minimum Gasteiger partial charge on any atom is -0.444 e. The van der Waals surface area contributed by atoms with E-state index in [0.29, 0.717) is 11.5 Å². The smallest absolute Gasteiger partial charge is 0.204 e. The van der Waals surface area contributed by atoms with Crippen LogP contribution in [0.15, 0.2) is 53.6 Å². The number of pyridine rings is 1. The Morgan fingerprint density at radius 2 is 2.22 bits per heavy atom. The molecule has 3 aromatic heterocycles. The SMILES string of the molecule is N#Cc1ccc(-c2cn(-c3cccnc3)cn2)o1. The van der Waals surface area contributed by atoms with E-state index in [1.54, 1.807) is 30.9 Å². The van der Waals surface area contributed by atoms with Gasteiger partial charge < -0.3 is 8.98 Å². The summed E-state index contributed by atoms with van der Waals surface area (Å²) in [5.41, 5.74) is 1.60. The predicted octanol–water partition coefficient (Wildman–Crippen LogP) is 2.40. The predicted molar refractivity (Wildman–Crippen MR) is 63.8 cm³/mol. The number of imidazole rings is 1. The van der Waals surface area contributed by atoms with Gasteiger partial charge in [-0.2, -0.15) is 5.26 Å². The molecule has 3 heterocycles. The molecule has 0 unspecified atom stereocenters. The monoisotopic (exact) mass is 236 g/mol. The van der Waals surface area contributed by atoms with Crippen LogP contribution in [0, 0.1) is 11.3 Å². The van der Waals surface area contributed by atoms with E-state index < -0.39 is 0 Å². The molecule has 0 spiro atoms. The molecule has 0 radical (unpaired) electrons. The second-order valence-corrected chi connectivity index (χ2v) is 3.65. The number of hydrogen-bond acceptors (Lipinski definition) is 4. The average molecular weight is 236 g/mol. The second-order valence-electron chi connectivity index (χ2n) is 3.65. The van der Waals surface area contributed by atoms with Gasteiger partial charge in [0.2, 0.25) is 5.76 Å². The molecule has 86 valence electrons. The lowest BCUT2D eigenvalue weighted by Crippen LogP contribution is -1.89. The van der Waals surface area contributed by atoms with Gasteiger partial charge in [0.05, 0.1) is 11.9 Å². The number of furan rings is 1. The molecule has 0 saturated carbocycles. The first-order valence-corrected chi connectivity index (χ1v) is 5.31. The molecule has 0 aliphatic heterocycles. The highest BCUT2D eigenvalue weighted by Crippen LogP contribution is 2.21. The molecule has 0 saturated heterocycles. The van der Waals surface area contributed by atoms with Crippen LogP contribution < -0.4 is 0 Å². The average Bonchev–Trinajstić information content (AvgIpc) is 3.08. The number of nitrogens with zero attached hydrogens (tertiary/aromatic N) is 4. The highest BCUT2D eigenvalue weighted by atomic mass is 16.3. The van der Waals surface area contributed by atoms with Crippen LogP contribution in [0.25, 0.3) is 17.1 Å². The Morgan fingerprint density at radius 3 is 2.94 bits per heavy atom. The first-order chi connectivity index (χ1) is 8.86. The lowest BCUT2D eigenvalue weighted by atomic mass is 10.3. The molecule has 18 heavy (non-hydrogen) atoms. The normalized spacial score (nSPS) is 10.2. The maximum atomic E-state index is 8.70. The number of hydrogen-bond donors (Lipinski definition) is 0. The molecule has 0 bridgehead atoms. The van der Waals surface area contributed by atoms with E-state index in [0.717, 1.165) is 5.69 Å². The first-order valence-electron chi connectivity index (χ1n) is 5.31. The Labute approximate surface area is 103 Å². The highest BCUT2D eigenvalue weighted by Gasteiger charge is 2.08. The molecular formula is C13H8N4O. The van der Waals surface area contributed by atoms with Gasteiger partial charge in [-0.25, -0.2) is 4.98 Å². The molecular weight excluding hydrogens is 228 g/mol. The summed E-state index contributed by atoms with van der Waals surface area (Å²) in [4.78, 5) is 8.29. The van der Waals surface area contributed by atoms with Gasteiger partial charge in [-0.3, -0.25) is 4.98 Å². The van der Waals surface area contributed by atoms with Crippen LogP contribution in [0.4, 0.5) is 0 Å². The van der Waals surface area contributed by atoms with Crippen LogP contribution in [0.5, 0.6) is 0 Å². The zero-order valence-electron chi connectivity index (χ0n) is 9.32. The summed E-state index contributed by atoms with van der Waals surface area (Å²) < 4.78 is 7.16. The fourth-order valence-corrected chi connectivity index (χ4v) is 1.63. The van der Waals surface area contributed by atoms with Crippen LogP contribution in [-0.4, -0.2) is 14.5 Å². The van der Waals surface area contributed by atoms with Crippen molar-refractivity contribution in [2.24, 2.45) is 0 Å². The number of rotatable bonds is 2. The summed E-state index contributed by atoms with van der Waals surface area (Å²) in [6.07, 6.45) is 6.97. The summed E-state index contributed by atoms with van der Waals surface area (Å²) in [6.45, 7) is 0. The highest BCUT2D eigenvalue weighted by molar-refractivity contribution is 5.53. The Morgan fingerprint density at radius 1 is 1.28 bits per heavy atom. The molecule has 3 aromatic rings. The van der Waals surface area contributed by atoms with Gasteiger partial charge in [-0.05, 0) is 24.3 Å². The third-order valence-corrected chi connectivity index (χ3v) is 2.50. The fraction of sp³-hybridized carbons (Fsp3) is 0. The summed E-state index contributed by atoms with van der Waals surface area (Å²) in [6, 6.07) is 9.09. The number of aromatic nitrogens is 3. The molecule has 0 amide bonds. The van der Waals surface area contributed by atoms with Crippen molar-refractivity contribution in [1.29, 1.82) is 5.26 Å². The third kappa shape index (κ3) is 1.76. The minimum atomic E-state index is 0.279. The Bertz CT molecular complexity index is 706. The molecule has 5 heteroatoms. The molecule has 0 aliphatic rings. The Balaban J connectivity index is 1.97. The molecule has 5 nitrogen and oxygen atoms in total. The van der Waals surface area contributed by atoms with Gasteiger partial charge in [0, 0.05) is 12.4 Å². The maximum absolute atomic E-state index is 8.70. The summed E-state index contributed by atoms with van der Waals surface area (Å²) in [5.74, 6) is 0.857. The van der Waals surface area contributed by atoms with Gasteiger partial charge in [-0.15, -0.1) is 0 Å². The standard InChI is InChI=1S/C13H8N4O/c14-6-11-3-4-13(18-11)12-8-17(9-16-12)10-2-1-5-15-7-10/h1-5,7-9H. The van der Waals surface area contributed by atoms with E-state index in [9.17, 15) is 0 Å². The van der Waals surface area contributed by atoms with E-state index in [2.05, 4.69) is 9.97 Å². The summed E-state index contributed by atoms with van der Waals surface area (Å²) in [5, 5.41) is 8.70. The van der Waals surface area contributed by atoms with E-state index in [4.69, 9.17) is 9.68 Å². The van der Waals surface area contributed by atoms with Crippen LogP contribution >= 0.6 is 0 Å². The fourth-order valence-electron chi connectivity index (χ4n) is 1.63. The van der Waals surface area contributed by atoms with Crippen LogP contribution in [0.3, 0.4) is 0 Å². The molecule has 0 atom stereocenters. The Hall–Kier alpha value is -2.87. The zero-order chi connectivity index (χ0) is 12.4. The van der Waals surface area contributed by atoms with Crippen molar-refractivity contribution in [3.05, 3.63) is 54.9 Å². The number of nitriles is 1. The summed E-state index contributed by atoms with van der Waals surface area (Å²) >= 11 is 0. The molecule has 0 N–H and O–H groups in total. The van der Waals surface area contributed by atoms with Gasteiger partial charge in [0.1, 0.15) is 18.1 Å². The van der Waals surface area contributed by atoms with Crippen LogP contribution in [-0.2, 0) is 0 Å². The minimum absolute atomic E-state index is 0.279. The van der Waals surface area contributed by atoms with Crippen molar-refractivity contribution in [2.45, 2.75) is 0 Å². The Kier molecular flexibility index (Phi) is 2.39. The van der Waals surface area contributed by atoms with E-state index in [1.807, 2.05) is 29.0 Å². The molecule has 0 aromatic carbocycles. The summed E-state index contributed by atoms with van der Waals surface area (Å²) in [7, 11) is 0. The lowest BCUT2D eigenvalue weighted by Gasteiger charge is -1.98. The second kappa shape index (κ2) is 4.18. The van der Waals surface area contributed by atoms with Crippen LogP contribution in [0.2, 0.25) is 0 Å². The van der Waals surface area contributed by atoms with E-state index >= 15 is 0 Å². The van der Waals surface area contributed by atoms with Gasteiger partial charge >= 0.3 is 0 Å². The van der Waals surface area contributed by atoms with Gasteiger partial charge in [0.25, 0.3) is 0 Å². The first kappa shape index (κ1) is 10.3. The van der Waals surface area contributed by atoms with E-state index in [1.165, 1.54) is 0 Å². The topological polar surface area (TPSA) is 67.6 Å². The van der Waals surface area contributed by atoms with Crippen molar-refractivity contribution in [3.8, 4) is 23.2 Å². The van der Waals surface area contributed by atoms with Crippen molar-refractivity contribution in [2.75, 3.05) is 0 Å². The van der Waals surface area contributed by atoms with Crippen molar-refractivity contribution < 1.29 is 4.42 Å². The maximum Gasteiger partial charge on any atom is 0.204 e. The third-order valence-electron chi connectivity index (χ3n) is 2.50. The molecule has 0 fully saturated rings. The zero-order valence-corrected chi connectivity index (χ0v) is 9.32. The van der Waals surface area contributed by atoms with Crippen molar-refractivity contribution >= 4 is 0 Å². The van der Waals surface area contributed by atoms with Crippen LogP contribution in [0.1, 0.15) is 5.76 Å². The van der Waals surface area contributed by atoms with Gasteiger partial charge in [0.15, 0.2) is 5.76 Å². The van der Waals surface area contributed by atoms with Gasteiger partial charge in [-0.1, -0.05) is 0 Å². The molecule has 0 aliphatic carbocycles. The van der Waals surface area contributed by atoms with Crippen molar-refractivity contribution in [1.82, 2.24) is 14.5 Å². The lowest BCUT2D eigenvalue weighted by molar-refractivity contribution is 0.565.